The molecule has 0 aromatic carbocycles. The highest BCUT2D eigenvalue weighted by Crippen LogP contribution is 2.17. The van der Waals surface area contributed by atoms with Crippen molar-refractivity contribution >= 4 is 11.6 Å². The van der Waals surface area contributed by atoms with E-state index < -0.39 is 0 Å². The Morgan fingerprint density at radius 3 is 3.14 bits per heavy atom. The second-order valence-electron chi connectivity index (χ2n) is 5.89. The number of hydrogen-bond donors (Lipinski definition) is 1. The summed E-state index contributed by atoms with van der Waals surface area (Å²) in [7, 11) is 1.88. The van der Waals surface area contributed by atoms with Gasteiger partial charge in [-0.1, -0.05) is 6.07 Å². The number of amides is 1. The third-order valence-electron chi connectivity index (χ3n) is 4.27. The number of pyridine rings is 1. The van der Waals surface area contributed by atoms with E-state index in [0.717, 1.165) is 36.5 Å². The molecule has 5 heteroatoms. The zero-order chi connectivity index (χ0) is 14.8. The van der Waals surface area contributed by atoms with Crippen LogP contribution in [0.25, 0.3) is 5.65 Å². The molecule has 1 N–H and O–H groups in total. The molecule has 0 saturated carbocycles. The third kappa shape index (κ3) is 2.93. The molecule has 5 nitrogen and oxygen atoms in total. The number of carbonyl (C=O) groups excluding carboxylic acids is 1. The quantitative estimate of drug-likeness (QED) is 0.929. The molecule has 2 aromatic rings. The van der Waals surface area contributed by atoms with Crippen LogP contribution in [0.2, 0.25) is 0 Å². The summed E-state index contributed by atoms with van der Waals surface area (Å²) in [4.78, 5) is 18.7. The second-order valence-corrected chi connectivity index (χ2v) is 5.89. The number of nitrogens with zero attached hydrogens (tertiary/aromatic N) is 3. The maximum Gasteiger partial charge on any atom is 0.222 e. The standard InChI is InChI=1S/C16H22N4O/c1-12-14(20-8-4-3-5-15(20)18-12)11-19(2)16(21)9-13-6-7-17-10-13/h3-5,8,13,17H,6-7,9-11H2,1-2H3/t13-/m1/s1. The van der Waals surface area contributed by atoms with Gasteiger partial charge < -0.3 is 14.6 Å². The number of carbonyl (C=O) groups is 1. The zero-order valence-corrected chi connectivity index (χ0v) is 12.7. The van der Waals surface area contributed by atoms with Gasteiger partial charge in [0.2, 0.25) is 5.91 Å². The summed E-state index contributed by atoms with van der Waals surface area (Å²) < 4.78 is 2.07. The first-order chi connectivity index (χ1) is 10.1. The minimum Gasteiger partial charge on any atom is -0.340 e. The fraction of sp³-hybridized carbons (Fsp3) is 0.500. The summed E-state index contributed by atoms with van der Waals surface area (Å²) in [5.41, 5.74) is 3.01. The minimum atomic E-state index is 0.217. The van der Waals surface area contributed by atoms with Crippen LogP contribution >= 0.6 is 0 Å². The molecule has 0 unspecified atom stereocenters. The topological polar surface area (TPSA) is 49.6 Å². The molecule has 1 fully saturated rings. The maximum absolute atomic E-state index is 12.3. The average Bonchev–Trinajstić information content (AvgIpc) is 3.07. The van der Waals surface area contributed by atoms with Gasteiger partial charge in [-0.05, 0) is 44.5 Å². The van der Waals surface area contributed by atoms with Crippen LogP contribution in [0.1, 0.15) is 24.2 Å². The SMILES string of the molecule is Cc1nc2ccccn2c1CN(C)C(=O)C[C@H]1CCNC1. The first-order valence-corrected chi connectivity index (χ1v) is 7.52. The highest BCUT2D eigenvalue weighted by Gasteiger charge is 2.21. The summed E-state index contributed by atoms with van der Waals surface area (Å²) in [6.45, 7) is 4.61. The van der Waals surface area contributed by atoms with E-state index in [0.29, 0.717) is 18.9 Å². The fourth-order valence-electron chi connectivity index (χ4n) is 2.96. The second kappa shape index (κ2) is 5.85. The number of rotatable bonds is 4. The fourth-order valence-corrected chi connectivity index (χ4v) is 2.96. The molecule has 3 heterocycles. The van der Waals surface area contributed by atoms with Crippen molar-refractivity contribution in [2.75, 3.05) is 20.1 Å². The van der Waals surface area contributed by atoms with Crippen molar-refractivity contribution in [3.8, 4) is 0 Å². The Kier molecular flexibility index (Phi) is 3.92. The number of imidazole rings is 1. The van der Waals surface area contributed by atoms with Crippen molar-refractivity contribution in [1.29, 1.82) is 0 Å². The molecule has 1 aliphatic rings. The molecule has 1 amide bonds. The van der Waals surface area contributed by atoms with Gasteiger partial charge in [-0.25, -0.2) is 4.98 Å². The van der Waals surface area contributed by atoms with Crippen LogP contribution in [0.5, 0.6) is 0 Å². The highest BCUT2D eigenvalue weighted by molar-refractivity contribution is 5.76. The van der Waals surface area contributed by atoms with Crippen LogP contribution in [0.15, 0.2) is 24.4 Å². The van der Waals surface area contributed by atoms with Gasteiger partial charge in [0.15, 0.2) is 0 Å². The predicted octanol–water partition coefficient (Wildman–Crippen LogP) is 1.60. The molecule has 0 spiro atoms. The summed E-state index contributed by atoms with van der Waals surface area (Å²) in [6, 6.07) is 5.96. The van der Waals surface area contributed by atoms with E-state index in [1.54, 1.807) is 0 Å². The summed E-state index contributed by atoms with van der Waals surface area (Å²) in [6.07, 6.45) is 3.75. The highest BCUT2D eigenvalue weighted by atomic mass is 16.2. The molecule has 1 saturated heterocycles. The monoisotopic (exact) mass is 286 g/mol. The van der Waals surface area contributed by atoms with Crippen LogP contribution in [0.3, 0.4) is 0 Å². The van der Waals surface area contributed by atoms with Crippen molar-refractivity contribution in [1.82, 2.24) is 19.6 Å². The Labute approximate surface area is 125 Å². The van der Waals surface area contributed by atoms with Crippen molar-refractivity contribution in [2.24, 2.45) is 5.92 Å². The summed E-state index contributed by atoms with van der Waals surface area (Å²) in [5, 5.41) is 3.31. The minimum absolute atomic E-state index is 0.217. The number of fused-ring (bicyclic) bond motifs is 1. The van der Waals surface area contributed by atoms with Crippen molar-refractivity contribution < 1.29 is 4.79 Å². The molecule has 0 radical (unpaired) electrons. The number of nitrogens with one attached hydrogen (secondary N) is 1. The van der Waals surface area contributed by atoms with Gasteiger partial charge in [-0.15, -0.1) is 0 Å². The van der Waals surface area contributed by atoms with Gasteiger partial charge in [-0.2, -0.15) is 0 Å². The van der Waals surface area contributed by atoms with Gasteiger partial charge in [0.1, 0.15) is 5.65 Å². The van der Waals surface area contributed by atoms with Crippen LogP contribution < -0.4 is 5.32 Å². The van der Waals surface area contributed by atoms with Crippen LogP contribution in [-0.2, 0) is 11.3 Å². The van der Waals surface area contributed by atoms with Gasteiger partial charge in [0.25, 0.3) is 0 Å². The Bertz CT molecular complexity index is 643. The van der Waals surface area contributed by atoms with E-state index in [1.165, 1.54) is 0 Å². The van der Waals surface area contributed by atoms with E-state index in [4.69, 9.17) is 0 Å². The van der Waals surface area contributed by atoms with E-state index in [9.17, 15) is 4.79 Å². The average molecular weight is 286 g/mol. The molecular weight excluding hydrogens is 264 g/mol. The molecular formula is C16H22N4O. The van der Waals surface area contributed by atoms with Crippen molar-refractivity contribution in [3.63, 3.8) is 0 Å². The predicted molar refractivity (Wildman–Crippen MR) is 82.0 cm³/mol. The molecule has 1 aliphatic heterocycles. The molecule has 3 rings (SSSR count). The van der Waals surface area contributed by atoms with E-state index in [-0.39, 0.29) is 5.91 Å². The van der Waals surface area contributed by atoms with Crippen molar-refractivity contribution in [3.05, 3.63) is 35.8 Å². The lowest BCUT2D eigenvalue weighted by Gasteiger charge is -2.19. The van der Waals surface area contributed by atoms with Crippen LogP contribution in [-0.4, -0.2) is 40.3 Å². The van der Waals surface area contributed by atoms with E-state index >= 15 is 0 Å². The maximum atomic E-state index is 12.3. The molecule has 0 aliphatic carbocycles. The molecule has 0 bridgehead atoms. The van der Waals surface area contributed by atoms with Crippen LogP contribution in [0, 0.1) is 12.8 Å². The summed E-state index contributed by atoms with van der Waals surface area (Å²) >= 11 is 0. The Hall–Kier alpha value is -1.88. The summed E-state index contributed by atoms with van der Waals surface area (Å²) in [5.74, 6) is 0.706. The lowest BCUT2D eigenvalue weighted by Crippen LogP contribution is -2.29. The van der Waals surface area contributed by atoms with Gasteiger partial charge in [0.05, 0.1) is 17.9 Å². The molecule has 1 atom stereocenters. The lowest BCUT2D eigenvalue weighted by atomic mass is 10.0. The first kappa shape index (κ1) is 14.1. The van der Waals surface area contributed by atoms with Crippen LogP contribution in [0.4, 0.5) is 0 Å². The third-order valence-corrected chi connectivity index (χ3v) is 4.27. The zero-order valence-electron chi connectivity index (χ0n) is 12.7. The number of aryl methyl sites for hydroxylation is 1. The smallest absolute Gasteiger partial charge is 0.222 e. The number of aromatic nitrogens is 2. The Balaban J connectivity index is 1.72. The van der Waals surface area contributed by atoms with Crippen molar-refractivity contribution in [2.45, 2.75) is 26.3 Å². The van der Waals surface area contributed by atoms with E-state index in [2.05, 4.69) is 14.7 Å². The normalized spacial score (nSPS) is 18.3. The Morgan fingerprint density at radius 1 is 1.52 bits per heavy atom. The molecule has 2 aromatic heterocycles. The lowest BCUT2D eigenvalue weighted by molar-refractivity contribution is -0.131. The van der Waals surface area contributed by atoms with E-state index in [1.807, 2.05) is 43.3 Å². The van der Waals surface area contributed by atoms with Gasteiger partial charge in [0, 0.05) is 19.7 Å². The molecule has 21 heavy (non-hydrogen) atoms. The van der Waals surface area contributed by atoms with Gasteiger partial charge >= 0.3 is 0 Å². The number of hydrogen-bond acceptors (Lipinski definition) is 3. The van der Waals surface area contributed by atoms with Gasteiger partial charge in [-0.3, -0.25) is 4.79 Å². The first-order valence-electron chi connectivity index (χ1n) is 7.52. The molecule has 112 valence electrons. The largest absolute Gasteiger partial charge is 0.340 e. The Morgan fingerprint density at radius 2 is 2.38 bits per heavy atom.